The molecule has 2 N–H and O–H groups in total. The Morgan fingerprint density at radius 3 is 3.00 bits per heavy atom. The van der Waals surface area contributed by atoms with E-state index in [2.05, 4.69) is 17.2 Å². The number of carbonyl (C=O) groups is 1. The summed E-state index contributed by atoms with van der Waals surface area (Å²) in [7, 11) is 0. The molecule has 0 saturated carbocycles. The van der Waals surface area contributed by atoms with E-state index in [1.807, 2.05) is 0 Å². The Kier molecular flexibility index (Phi) is 4.39. The van der Waals surface area contributed by atoms with E-state index in [9.17, 15) is 4.79 Å². The van der Waals surface area contributed by atoms with E-state index in [-0.39, 0.29) is 18.2 Å². The van der Waals surface area contributed by atoms with E-state index in [4.69, 9.17) is 9.47 Å². The van der Waals surface area contributed by atoms with Gasteiger partial charge in [-0.1, -0.05) is 6.08 Å². The van der Waals surface area contributed by atoms with Crippen LogP contribution in [0.4, 0.5) is 4.79 Å². The van der Waals surface area contributed by atoms with Crippen molar-refractivity contribution in [2.45, 2.75) is 25.0 Å². The number of amides is 2. The number of urea groups is 1. The Labute approximate surface area is 102 Å². The van der Waals surface area contributed by atoms with E-state index in [1.54, 1.807) is 6.08 Å². The fourth-order valence-electron chi connectivity index (χ4n) is 2.20. The molecular weight excluding hydrogens is 220 g/mol. The fraction of sp³-hybridized carbons (Fsp3) is 0.750. The van der Waals surface area contributed by atoms with Gasteiger partial charge in [0.2, 0.25) is 0 Å². The van der Waals surface area contributed by atoms with Gasteiger partial charge in [0, 0.05) is 25.7 Å². The van der Waals surface area contributed by atoms with Crippen molar-refractivity contribution in [1.82, 2.24) is 10.6 Å². The molecule has 2 fully saturated rings. The molecule has 0 bridgehead atoms. The van der Waals surface area contributed by atoms with E-state index in [0.717, 1.165) is 26.1 Å². The quantitative estimate of drug-likeness (QED) is 0.710. The predicted octanol–water partition coefficient (Wildman–Crippen LogP) is 0.666. The maximum Gasteiger partial charge on any atom is 0.315 e. The van der Waals surface area contributed by atoms with Crippen LogP contribution in [-0.4, -0.2) is 44.5 Å². The molecule has 2 aliphatic heterocycles. The minimum atomic E-state index is -0.126. The lowest BCUT2D eigenvalue weighted by Gasteiger charge is -2.18. The molecule has 0 radical (unpaired) electrons. The van der Waals surface area contributed by atoms with Gasteiger partial charge in [-0.05, 0) is 12.8 Å². The molecule has 96 valence electrons. The Hall–Kier alpha value is -1.07. The van der Waals surface area contributed by atoms with Crippen molar-refractivity contribution in [2.75, 3.05) is 26.4 Å². The highest BCUT2D eigenvalue weighted by atomic mass is 16.5. The first-order chi connectivity index (χ1) is 8.29. The highest BCUT2D eigenvalue weighted by molar-refractivity contribution is 5.74. The molecule has 0 aromatic carbocycles. The zero-order valence-electron chi connectivity index (χ0n) is 9.98. The highest BCUT2D eigenvalue weighted by Gasteiger charge is 2.27. The molecule has 5 heteroatoms. The Morgan fingerprint density at radius 1 is 1.41 bits per heavy atom. The summed E-state index contributed by atoms with van der Waals surface area (Å²) >= 11 is 0. The minimum absolute atomic E-state index is 0.0485. The van der Waals surface area contributed by atoms with Crippen molar-refractivity contribution in [3.63, 3.8) is 0 Å². The minimum Gasteiger partial charge on any atom is -0.381 e. The van der Waals surface area contributed by atoms with Gasteiger partial charge in [0.15, 0.2) is 0 Å². The van der Waals surface area contributed by atoms with Crippen molar-refractivity contribution in [3.05, 3.63) is 12.7 Å². The molecule has 0 spiro atoms. The van der Waals surface area contributed by atoms with Crippen molar-refractivity contribution < 1.29 is 14.3 Å². The topological polar surface area (TPSA) is 59.6 Å². The number of ether oxygens (including phenoxy) is 2. The number of nitrogens with one attached hydrogen (secondary N) is 2. The second kappa shape index (κ2) is 6.02. The molecule has 2 amide bonds. The summed E-state index contributed by atoms with van der Waals surface area (Å²) in [5.74, 6) is 0.454. The third kappa shape index (κ3) is 3.44. The predicted molar refractivity (Wildman–Crippen MR) is 63.8 cm³/mol. The number of hydrogen-bond donors (Lipinski definition) is 2. The third-order valence-corrected chi connectivity index (χ3v) is 3.26. The van der Waals surface area contributed by atoms with Crippen LogP contribution in [0.25, 0.3) is 0 Å². The van der Waals surface area contributed by atoms with Crippen molar-refractivity contribution >= 4 is 6.03 Å². The van der Waals surface area contributed by atoms with Crippen molar-refractivity contribution in [1.29, 1.82) is 0 Å². The van der Waals surface area contributed by atoms with E-state index in [0.29, 0.717) is 19.1 Å². The van der Waals surface area contributed by atoms with Gasteiger partial charge < -0.3 is 20.1 Å². The first-order valence-electron chi connectivity index (χ1n) is 6.16. The van der Waals surface area contributed by atoms with Crippen LogP contribution in [0.5, 0.6) is 0 Å². The summed E-state index contributed by atoms with van der Waals surface area (Å²) in [6, 6.07) is -0.0772. The average molecular weight is 240 g/mol. The van der Waals surface area contributed by atoms with Crippen LogP contribution in [0.3, 0.4) is 0 Å². The summed E-state index contributed by atoms with van der Waals surface area (Å²) in [5.41, 5.74) is 0. The van der Waals surface area contributed by atoms with Gasteiger partial charge in [-0.3, -0.25) is 0 Å². The molecule has 1 unspecified atom stereocenters. The maximum atomic E-state index is 11.7. The summed E-state index contributed by atoms with van der Waals surface area (Å²) in [4.78, 5) is 11.7. The first-order valence-corrected chi connectivity index (χ1v) is 6.16. The molecule has 2 heterocycles. The van der Waals surface area contributed by atoms with Crippen LogP contribution < -0.4 is 10.6 Å². The smallest absolute Gasteiger partial charge is 0.315 e. The summed E-state index contributed by atoms with van der Waals surface area (Å²) in [5, 5.41) is 5.79. The second-order valence-electron chi connectivity index (χ2n) is 4.55. The van der Waals surface area contributed by atoms with Crippen LogP contribution in [-0.2, 0) is 9.47 Å². The maximum absolute atomic E-state index is 11.7. The molecule has 0 aliphatic carbocycles. The summed E-state index contributed by atoms with van der Waals surface area (Å²) < 4.78 is 10.7. The SMILES string of the molecule is C=C[C@@H]1OCC[C@H]1NC(=O)NCC1CCOC1. The van der Waals surface area contributed by atoms with Crippen LogP contribution in [0, 0.1) is 5.92 Å². The Balaban J connectivity index is 1.67. The van der Waals surface area contributed by atoms with Gasteiger partial charge in [0.25, 0.3) is 0 Å². The fourth-order valence-corrected chi connectivity index (χ4v) is 2.20. The van der Waals surface area contributed by atoms with Crippen LogP contribution in [0.2, 0.25) is 0 Å². The first kappa shape index (κ1) is 12.4. The molecule has 2 aliphatic rings. The molecule has 17 heavy (non-hydrogen) atoms. The van der Waals surface area contributed by atoms with Crippen LogP contribution in [0.1, 0.15) is 12.8 Å². The second-order valence-corrected chi connectivity index (χ2v) is 4.55. The number of carbonyl (C=O) groups excluding carboxylic acids is 1. The van der Waals surface area contributed by atoms with Crippen LogP contribution in [0.15, 0.2) is 12.7 Å². The zero-order chi connectivity index (χ0) is 12.1. The molecule has 0 aromatic heterocycles. The van der Waals surface area contributed by atoms with Gasteiger partial charge in [0.05, 0.1) is 18.8 Å². The number of rotatable bonds is 4. The highest BCUT2D eigenvalue weighted by Crippen LogP contribution is 2.14. The number of hydrogen-bond acceptors (Lipinski definition) is 3. The summed E-state index contributed by atoms with van der Waals surface area (Å²) in [6.07, 6.45) is 3.55. The lowest BCUT2D eigenvalue weighted by atomic mass is 10.1. The molecule has 3 atom stereocenters. The van der Waals surface area contributed by atoms with E-state index >= 15 is 0 Å². The Morgan fingerprint density at radius 2 is 2.29 bits per heavy atom. The van der Waals surface area contributed by atoms with Crippen molar-refractivity contribution in [3.8, 4) is 0 Å². The normalized spacial score (nSPS) is 32.4. The molecule has 2 saturated heterocycles. The third-order valence-electron chi connectivity index (χ3n) is 3.26. The monoisotopic (exact) mass is 240 g/mol. The van der Waals surface area contributed by atoms with Gasteiger partial charge in [0.1, 0.15) is 0 Å². The lowest BCUT2D eigenvalue weighted by Crippen LogP contribution is -2.46. The average Bonchev–Trinajstić information content (AvgIpc) is 2.97. The van der Waals surface area contributed by atoms with Crippen molar-refractivity contribution in [2.24, 2.45) is 5.92 Å². The van der Waals surface area contributed by atoms with Gasteiger partial charge in [-0.15, -0.1) is 6.58 Å². The molecular formula is C12H20N2O3. The molecule has 0 aromatic rings. The largest absolute Gasteiger partial charge is 0.381 e. The standard InChI is InChI=1S/C12H20N2O3/c1-2-11-10(4-6-17-11)14-12(15)13-7-9-3-5-16-8-9/h2,9-11H,1,3-8H2,(H2,13,14,15)/t9?,10-,11+/m1/s1. The molecule has 2 rings (SSSR count). The zero-order valence-corrected chi connectivity index (χ0v) is 9.98. The van der Waals surface area contributed by atoms with E-state index < -0.39 is 0 Å². The lowest BCUT2D eigenvalue weighted by molar-refractivity contribution is 0.135. The summed E-state index contributed by atoms with van der Waals surface area (Å²) in [6.45, 7) is 6.61. The van der Waals surface area contributed by atoms with Gasteiger partial charge in [-0.25, -0.2) is 4.79 Å². The van der Waals surface area contributed by atoms with Gasteiger partial charge >= 0.3 is 6.03 Å². The van der Waals surface area contributed by atoms with E-state index in [1.165, 1.54) is 0 Å². The van der Waals surface area contributed by atoms with Crippen LogP contribution >= 0.6 is 0 Å². The Bertz CT molecular complexity index is 277. The molecule has 5 nitrogen and oxygen atoms in total. The van der Waals surface area contributed by atoms with Gasteiger partial charge in [-0.2, -0.15) is 0 Å².